The van der Waals surface area contributed by atoms with Crippen LogP contribution in [0.3, 0.4) is 0 Å². The summed E-state index contributed by atoms with van der Waals surface area (Å²) in [4.78, 5) is 13.7. The fourth-order valence-corrected chi connectivity index (χ4v) is 1.96. The van der Waals surface area contributed by atoms with Crippen LogP contribution in [0.4, 0.5) is 4.39 Å². The molecule has 0 aromatic heterocycles. The van der Waals surface area contributed by atoms with Gasteiger partial charge in [0, 0.05) is 19.2 Å². The maximum atomic E-state index is 13.6. The van der Waals surface area contributed by atoms with E-state index in [1.165, 1.54) is 13.2 Å². The highest BCUT2D eigenvalue weighted by molar-refractivity contribution is 5.93. The third-order valence-electron chi connectivity index (χ3n) is 3.00. The van der Waals surface area contributed by atoms with Crippen molar-refractivity contribution in [1.29, 1.82) is 0 Å². The first kappa shape index (κ1) is 14.1. The summed E-state index contributed by atoms with van der Waals surface area (Å²) in [6.07, 6.45) is 0. The van der Waals surface area contributed by atoms with E-state index >= 15 is 0 Å². The number of carbonyl (C=O) groups is 1. The molecule has 1 amide bonds. The molecular formula is C16H16FNO2. The molecule has 3 nitrogen and oxygen atoms in total. The first-order chi connectivity index (χ1) is 9.61. The Labute approximate surface area is 117 Å². The van der Waals surface area contributed by atoms with Gasteiger partial charge in [-0.3, -0.25) is 4.79 Å². The van der Waals surface area contributed by atoms with Crippen LogP contribution in [-0.2, 0) is 6.54 Å². The monoisotopic (exact) mass is 273 g/mol. The van der Waals surface area contributed by atoms with Crippen LogP contribution in [0.5, 0.6) is 5.75 Å². The average Bonchev–Trinajstić information content (AvgIpc) is 2.47. The predicted octanol–water partition coefficient (Wildman–Crippen LogP) is 3.11. The highest BCUT2D eigenvalue weighted by atomic mass is 19.1. The molecule has 0 unspecified atom stereocenters. The molecule has 0 N–H and O–H groups in total. The summed E-state index contributed by atoms with van der Waals surface area (Å²) in [6, 6.07) is 13.7. The van der Waals surface area contributed by atoms with E-state index in [-0.39, 0.29) is 11.7 Å². The third kappa shape index (κ3) is 3.15. The summed E-state index contributed by atoms with van der Waals surface area (Å²) in [5.41, 5.74) is 1.33. The molecule has 2 aromatic carbocycles. The molecule has 2 aromatic rings. The summed E-state index contributed by atoms with van der Waals surface area (Å²) in [7, 11) is 3.11. The Kier molecular flexibility index (Phi) is 4.35. The Hall–Kier alpha value is -2.36. The van der Waals surface area contributed by atoms with Crippen molar-refractivity contribution in [3.63, 3.8) is 0 Å². The van der Waals surface area contributed by atoms with Gasteiger partial charge in [0.2, 0.25) is 0 Å². The zero-order valence-corrected chi connectivity index (χ0v) is 11.5. The van der Waals surface area contributed by atoms with Crippen LogP contribution >= 0.6 is 0 Å². The fraction of sp³-hybridized carbons (Fsp3) is 0.188. The first-order valence-corrected chi connectivity index (χ1v) is 6.24. The number of methoxy groups -OCH3 is 1. The van der Waals surface area contributed by atoms with Gasteiger partial charge in [-0.2, -0.15) is 0 Å². The summed E-state index contributed by atoms with van der Waals surface area (Å²) >= 11 is 0. The van der Waals surface area contributed by atoms with Crippen LogP contribution in [0, 0.1) is 5.82 Å². The summed E-state index contributed by atoms with van der Waals surface area (Å²) in [5.74, 6) is -0.321. The van der Waals surface area contributed by atoms with Crippen LogP contribution in [-0.4, -0.2) is 25.0 Å². The molecule has 0 fully saturated rings. The second-order valence-corrected chi connectivity index (χ2v) is 4.50. The summed E-state index contributed by atoms with van der Waals surface area (Å²) in [5, 5.41) is 0. The lowest BCUT2D eigenvalue weighted by molar-refractivity contribution is 0.0785. The van der Waals surface area contributed by atoms with Crippen molar-refractivity contribution < 1.29 is 13.9 Å². The van der Waals surface area contributed by atoms with Gasteiger partial charge in [-0.1, -0.05) is 24.3 Å². The zero-order valence-electron chi connectivity index (χ0n) is 11.5. The quantitative estimate of drug-likeness (QED) is 0.856. The number of hydrogen-bond acceptors (Lipinski definition) is 2. The minimum atomic E-state index is -0.425. The maximum Gasteiger partial charge on any atom is 0.253 e. The van der Waals surface area contributed by atoms with Gasteiger partial charge in [-0.15, -0.1) is 0 Å². The van der Waals surface area contributed by atoms with Crippen molar-refractivity contribution in [1.82, 2.24) is 4.90 Å². The summed E-state index contributed by atoms with van der Waals surface area (Å²) in [6.45, 7) is 0.342. The number of amides is 1. The van der Waals surface area contributed by atoms with E-state index in [0.717, 1.165) is 5.56 Å². The predicted molar refractivity (Wildman–Crippen MR) is 75.2 cm³/mol. The zero-order chi connectivity index (χ0) is 14.5. The van der Waals surface area contributed by atoms with E-state index in [4.69, 9.17) is 4.74 Å². The van der Waals surface area contributed by atoms with Gasteiger partial charge in [-0.05, 0) is 29.8 Å². The number of hydrogen-bond donors (Lipinski definition) is 0. The standard InChI is InChI=1S/C16H16FNO2/c1-18(16(19)13-6-4-3-5-7-13)11-12-8-9-15(20-2)14(17)10-12/h3-10H,11H2,1-2H3. The average molecular weight is 273 g/mol. The fourth-order valence-electron chi connectivity index (χ4n) is 1.96. The van der Waals surface area contributed by atoms with E-state index in [0.29, 0.717) is 12.1 Å². The number of benzene rings is 2. The van der Waals surface area contributed by atoms with Crippen LogP contribution in [0.1, 0.15) is 15.9 Å². The molecule has 0 heterocycles. The Morgan fingerprint density at radius 3 is 2.50 bits per heavy atom. The molecule has 0 aliphatic rings. The SMILES string of the molecule is COc1ccc(CN(C)C(=O)c2ccccc2)cc1F. The lowest BCUT2D eigenvalue weighted by Crippen LogP contribution is -2.26. The molecular weight excluding hydrogens is 257 g/mol. The Morgan fingerprint density at radius 2 is 1.90 bits per heavy atom. The van der Waals surface area contributed by atoms with Gasteiger partial charge in [0.1, 0.15) is 0 Å². The van der Waals surface area contributed by atoms with Crippen molar-refractivity contribution in [2.24, 2.45) is 0 Å². The molecule has 0 saturated heterocycles. The number of nitrogens with zero attached hydrogens (tertiary/aromatic N) is 1. The molecule has 0 saturated carbocycles. The molecule has 0 aliphatic carbocycles. The highest BCUT2D eigenvalue weighted by Crippen LogP contribution is 2.18. The number of ether oxygens (including phenoxy) is 1. The minimum Gasteiger partial charge on any atom is -0.494 e. The van der Waals surface area contributed by atoms with E-state index in [2.05, 4.69) is 0 Å². The molecule has 0 bridgehead atoms. The number of carbonyl (C=O) groups excluding carboxylic acids is 1. The second-order valence-electron chi connectivity index (χ2n) is 4.50. The number of halogens is 1. The molecule has 0 spiro atoms. The van der Waals surface area contributed by atoms with E-state index < -0.39 is 5.82 Å². The maximum absolute atomic E-state index is 13.6. The minimum absolute atomic E-state index is 0.0955. The van der Waals surface area contributed by atoms with Crippen molar-refractivity contribution in [3.05, 3.63) is 65.5 Å². The molecule has 20 heavy (non-hydrogen) atoms. The summed E-state index contributed by atoms with van der Waals surface area (Å²) < 4.78 is 18.5. The van der Waals surface area contributed by atoms with Crippen molar-refractivity contribution in [3.8, 4) is 5.75 Å². The molecule has 4 heteroatoms. The van der Waals surface area contributed by atoms with Gasteiger partial charge in [0.25, 0.3) is 5.91 Å². The molecule has 0 aliphatic heterocycles. The van der Waals surface area contributed by atoms with Crippen LogP contribution in [0.2, 0.25) is 0 Å². The van der Waals surface area contributed by atoms with Gasteiger partial charge < -0.3 is 9.64 Å². The molecule has 104 valence electrons. The van der Waals surface area contributed by atoms with E-state index in [9.17, 15) is 9.18 Å². The molecule has 0 radical (unpaired) electrons. The Morgan fingerprint density at radius 1 is 1.20 bits per heavy atom. The normalized spacial score (nSPS) is 10.2. The second kappa shape index (κ2) is 6.19. The van der Waals surface area contributed by atoms with Crippen molar-refractivity contribution in [2.45, 2.75) is 6.54 Å². The van der Waals surface area contributed by atoms with Gasteiger partial charge in [0.15, 0.2) is 11.6 Å². The topological polar surface area (TPSA) is 29.5 Å². The first-order valence-electron chi connectivity index (χ1n) is 6.24. The van der Waals surface area contributed by atoms with Gasteiger partial charge in [-0.25, -0.2) is 4.39 Å². The van der Waals surface area contributed by atoms with Gasteiger partial charge in [0.05, 0.1) is 7.11 Å². The smallest absolute Gasteiger partial charge is 0.253 e. The highest BCUT2D eigenvalue weighted by Gasteiger charge is 2.12. The van der Waals surface area contributed by atoms with Gasteiger partial charge >= 0.3 is 0 Å². The Bertz CT molecular complexity index is 599. The van der Waals surface area contributed by atoms with Crippen LogP contribution in [0.15, 0.2) is 48.5 Å². The Balaban J connectivity index is 2.10. The lowest BCUT2D eigenvalue weighted by atomic mass is 10.1. The molecule has 0 atom stereocenters. The number of rotatable bonds is 4. The van der Waals surface area contributed by atoms with E-state index in [1.54, 1.807) is 36.2 Å². The van der Waals surface area contributed by atoms with Crippen LogP contribution in [0.25, 0.3) is 0 Å². The molecule has 2 rings (SSSR count). The third-order valence-corrected chi connectivity index (χ3v) is 3.00. The van der Waals surface area contributed by atoms with Crippen molar-refractivity contribution >= 4 is 5.91 Å². The lowest BCUT2D eigenvalue weighted by Gasteiger charge is -2.17. The van der Waals surface area contributed by atoms with Crippen LogP contribution < -0.4 is 4.74 Å². The van der Waals surface area contributed by atoms with E-state index in [1.807, 2.05) is 18.2 Å². The van der Waals surface area contributed by atoms with Crippen molar-refractivity contribution in [2.75, 3.05) is 14.2 Å². The largest absolute Gasteiger partial charge is 0.494 e.